The number of ether oxygens (including phenoxy) is 1. The first kappa shape index (κ1) is 15.9. The van der Waals surface area contributed by atoms with Crippen molar-refractivity contribution in [2.75, 3.05) is 13.2 Å². The summed E-state index contributed by atoms with van der Waals surface area (Å²) in [4.78, 5) is 0. The summed E-state index contributed by atoms with van der Waals surface area (Å²) in [7, 11) is 0. The van der Waals surface area contributed by atoms with Crippen LogP contribution in [-0.2, 0) is 0 Å². The highest BCUT2D eigenvalue weighted by atomic mass is 19.2. The molecule has 1 rings (SSSR count). The molecule has 0 aliphatic carbocycles. The molecule has 0 bridgehead atoms. The maximum Gasteiger partial charge on any atom is 0.162 e. The first-order valence-corrected chi connectivity index (χ1v) is 6.33. The zero-order valence-electron chi connectivity index (χ0n) is 11.5. The van der Waals surface area contributed by atoms with Gasteiger partial charge in [0.25, 0.3) is 0 Å². The van der Waals surface area contributed by atoms with Gasteiger partial charge in [0.05, 0.1) is 13.2 Å². The van der Waals surface area contributed by atoms with Crippen LogP contribution in [0, 0.1) is 11.6 Å². The van der Waals surface area contributed by atoms with E-state index >= 15 is 0 Å². The number of aliphatic hydroxyl groups is 1. The molecule has 1 aromatic carbocycles. The molecule has 0 aliphatic heterocycles. The van der Waals surface area contributed by atoms with Crippen LogP contribution in [0.15, 0.2) is 18.2 Å². The first-order valence-electron chi connectivity index (χ1n) is 6.33. The topological polar surface area (TPSA) is 41.5 Å². The second-order valence-corrected chi connectivity index (χ2v) is 5.19. The van der Waals surface area contributed by atoms with Crippen LogP contribution in [0.1, 0.15) is 27.2 Å². The van der Waals surface area contributed by atoms with Crippen LogP contribution in [-0.4, -0.2) is 29.9 Å². The normalized spacial score (nSPS) is 14.5. The fourth-order valence-electron chi connectivity index (χ4n) is 1.85. The van der Waals surface area contributed by atoms with E-state index in [-0.39, 0.29) is 18.4 Å². The zero-order valence-corrected chi connectivity index (χ0v) is 11.5. The lowest BCUT2D eigenvalue weighted by molar-refractivity contribution is 0.136. The standard InChI is InChI=1S/C14H21F2NO2/c1-10(2)17-14(3,9-18)6-7-19-11-4-5-12(15)13(16)8-11/h4-5,8,10,17-18H,6-7,9H2,1-3H3. The summed E-state index contributed by atoms with van der Waals surface area (Å²) in [5, 5.41) is 12.6. The molecule has 0 aromatic heterocycles. The molecule has 108 valence electrons. The SMILES string of the molecule is CC(C)NC(C)(CO)CCOc1ccc(F)c(F)c1. The summed E-state index contributed by atoms with van der Waals surface area (Å²) >= 11 is 0. The summed E-state index contributed by atoms with van der Waals surface area (Å²) in [6.07, 6.45) is 0.556. The summed E-state index contributed by atoms with van der Waals surface area (Å²) < 4.78 is 31.1. The fourth-order valence-corrected chi connectivity index (χ4v) is 1.85. The average molecular weight is 273 g/mol. The summed E-state index contributed by atoms with van der Waals surface area (Å²) in [5.74, 6) is -1.54. The van der Waals surface area contributed by atoms with Gasteiger partial charge in [-0.15, -0.1) is 0 Å². The van der Waals surface area contributed by atoms with Crippen LogP contribution in [0.3, 0.4) is 0 Å². The Morgan fingerprint density at radius 2 is 2.00 bits per heavy atom. The number of aliphatic hydroxyl groups excluding tert-OH is 1. The monoisotopic (exact) mass is 273 g/mol. The Hall–Kier alpha value is -1.20. The largest absolute Gasteiger partial charge is 0.493 e. The summed E-state index contributed by atoms with van der Waals surface area (Å²) in [6.45, 7) is 6.16. The highest BCUT2D eigenvalue weighted by Crippen LogP contribution is 2.17. The van der Waals surface area contributed by atoms with Crippen molar-refractivity contribution >= 4 is 0 Å². The van der Waals surface area contributed by atoms with Crippen LogP contribution in [0.2, 0.25) is 0 Å². The molecular formula is C14H21F2NO2. The average Bonchev–Trinajstić information content (AvgIpc) is 2.33. The van der Waals surface area contributed by atoms with Crippen molar-refractivity contribution in [3.8, 4) is 5.75 Å². The van der Waals surface area contributed by atoms with E-state index in [1.807, 2.05) is 20.8 Å². The van der Waals surface area contributed by atoms with Crippen LogP contribution >= 0.6 is 0 Å². The maximum absolute atomic E-state index is 13.0. The molecule has 0 fully saturated rings. The lowest BCUT2D eigenvalue weighted by Gasteiger charge is -2.31. The molecule has 5 heteroatoms. The van der Waals surface area contributed by atoms with Gasteiger partial charge in [-0.1, -0.05) is 13.8 Å². The number of benzene rings is 1. The molecule has 0 amide bonds. The van der Waals surface area contributed by atoms with Crippen LogP contribution in [0.25, 0.3) is 0 Å². The number of nitrogens with one attached hydrogen (secondary N) is 1. The van der Waals surface area contributed by atoms with Gasteiger partial charge in [0.2, 0.25) is 0 Å². The van der Waals surface area contributed by atoms with Gasteiger partial charge >= 0.3 is 0 Å². The van der Waals surface area contributed by atoms with E-state index in [0.717, 1.165) is 12.1 Å². The molecule has 3 nitrogen and oxygen atoms in total. The van der Waals surface area contributed by atoms with Gasteiger partial charge in [-0.25, -0.2) is 8.78 Å². The number of rotatable bonds is 7. The highest BCUT2D eigenvalue weighted by molar-refractivity contribution is 5.23. The van der Waals surface area contributed by atoms with Crippen molar-refractivity contribution in [1.82, 2.24) is 5.32 Å². The van der Waals surface area contributed by atoms with Crippen molar-refractivity contribution in [1.29, 1.82) is 0 Å². The Balaban J connectivity index is 2.50. The Morgan fingerprint density at radius 1 is 1.32 bits per heavy atom. The van der Waals surface area contributed by atoms with Gasteiger partial charge in [0, 0.05) is 24.1 Å². The van der Waals surface area contributed by atoms with Gasteiger partial charge < -0.3 is 15.2 Å². The molecule has 0 radical (unpaired) electrons. The lowest BCUT2D eigenvalue weighted by Crippen LogP contribution is -2.49. The Morgan fingerprint density at radius 3 is 2.53 bits per heavy atom. The predicted octanol–water partition coefficient (Wildman–Crippen LogP) is 2.48. The summed E-state index contributed by atoms with van der Waals surface area (Å²) in [6, 6.07) is 3.66. The molecule has 1 unspecified atom stereocenters. The van der Waals surface area contributed by atoms with Crippen molar-refractivity contribution < 1.29 is 18.6 Å². The van der Waals surface area contributed by atoms with E-state index in [1.165, 1.54) is 6.07 Å². The van der Waals surface area contributed by atoms with E-state index in [4.69, 9.17) is 4.74 Å². The number of hydrogen-bond donors (Lipinski definition) is 2. The predicted molar refractivity (Wildman–Crippen MR) is 70.2 cm³/mol. The second-order valence-electron chi connectivity index (χ2n) is 5.19. The van der Waals surface area contributed by atoms with Gasteiger partial charge in [-0.2, -0.15) is 0 Å². The van der Waals surface area contributed by atoms with Gasteiger partial charge in [-0.3, -0.25) is 0 Å². The molecule has 0 saturated carbocycles. The lowest BCUT2D eigenvalue weighted by atomic mass is 9.98. The van der Waals surface area contributed by atoms with Crippen LogP contribution < -0.4 is 10.1 Å². The molecule has 19 heavy (non-hydrogen) atoms. The molecule has 1 atom stereocenters. The maximum atomic E-state index is 13.0. The van der Waals surface area contributed by atoms with E-state index in [2.05, 4.69) is 5.32 Å². The molecule has 0 heterocycles. The number of halogens is 2. The van der Waals surface area contributed by atoms with E-state index in [1.54, 1.807) is 0 Å². The second kappa shape index (κ2) is 6.82. The molecule has 0 spiro atoms. The van der Waals surface area contributed by atoms with Gasteiger partial charge in [0.1, 0.15) is 5.75 Å². The minimum absolute atomic E-state index is 0.0215. The Bertz CT molecular complexity index is 412. The Kier molecular flexibility index (Phi) is 5.69. The third kappa shape index (κ3) is 5.12. The molecule has 2 N–H and O–H groups in total. The Labute approximate surface area is 112 Å². The fraction of sp³-hybridized carbons (Fsp3) is 0.571. The van der Waals surface area contributed by atoms with Gasteiger partial charge in [-0.05, 0) is 19.1 Å². The first-order chi connectivity index (χ1) is 8.86. The highest BCUT2D eigenvalue weighted by Gasteiger charge is 2.23. The molecule has 0 aliphatic rings. The number of hydrogen-bond acceptors (Lipinski definition) is 3. The van der Waals surface area contributed by atoms with Gasteiger partial charge in [0.15, 0.2) is 11.6 Å². The third-order valence-electron chi connectivity index (χ3n) is 2.80. The quantitative estimate of drug-likeness (QED) is 0.802. The van der Waals surface area contributed by atoms with Crippen LogP contribution in [0.4, 0.5) is 8.78 Å². The van der Waals surface area contributed by atoms with E-state index in [9.17, 15) is 13.9 Å². The smallest absolute Gasteiger partial charge is 0.162 e. The molecule has 0 saturated heterocycles. The summed E-state index contributed by atoms with van der Waals surface area (Å²) in [5.41, 5.74) is -0.452. The van der Waals surface area contributed by atoms with Crippen molar-refractivity contribution in [3.63, 3.8) is 0 Å². The van der Waals surface area contributed by atoms with E-state index in [0.29, 0.717) is 13.0 Å². The van der Waals surface area contributed by atoms with Crippen LogP contribution in [0.5, 0.6) is 5.75 Å². The van der Waals surface area contributed by atoms with E-state index < -0.39 is 17.2 Å². The van der Waals surface area contributed by atoms with Crippen molar-refractivity contribution in [2.45, 2.75) is 38.8 Å². The van der Waals surface area contributed by atoms with Crippen molar-refractivity contribution in [2.24, 2.45) is 0 Å². The zero-order chi connectivity index (χ0) is 14.5. The molecular weight excluding hydrogens is 252 g/mol. The molecule has 1 aromatic rings. The minimum atomic E-state index is -0.928. The third-order valence-corrected chi connectivity index (χ3v) is 2.80. The minimum Gasteiger partial charge on any atom is -0.493 e. The van der Waals surface area contributed by atoms with Crippen molar-refractivity contribution in [3.05, 3.63) is 29.8 Å².